The zero-order valence-electron chi connectivity index (χ0n) is 26.1. The summed E-state index contributed by atoms with van der Waals surface area (Å²) in [7, 11) is 0. The van der Waals surface area contributed by atoms with E-state index in [1.807, 2.05) is 43.1 Å². The summed E-state index contributed by atoms with van der Waals surface area (Å²) in [5.41, 5.74) is 1.14. The molecule has 0 radical (unpaired) electrons. The average molecular weight is 612 g/mol. The van der Waals surface area contributed by atoms with Crippen molar-refractivity contribution in [1.82, 2.24) is 4.90 Å². The minimum absolute atomic E-state index is 0.0869. The number of carbonyl (C=O) groups is 2. The molecule has 0 bridgehead atoms. The van der Waals surface area contributed by atoms with Crippen LogP contribution in [0.4, 0.5) is 24.5 Å². The van der Waals surface area contributed by atoms with E-state index in [1.165, 1.54) is 18.3 Å². The maximum Gasteiger partial charge on any atom is 0.416 e. The highest BCUT2D eigenvalue weighted by Crippen LogP contribution is 2.31. The van der Waals surface area contributed by atoms with Crippen molar-refractivity contribution in [2.24, 2.45) is 15.9 Å². The van der Waals surface area contributed by atoms with Gasteiger partial charge < -0.3 is 10.0 Å². The van der Waals surface area contributed by atoms with E-state index in [2.05, 4.69) is 30.4 Å². The average Bonchev–Trinajstić information content (AvgIpc) is 2.97. The summed E-state index contributed by atoms with van der Waals surface area (Å²) in [6.07, 6.45) is 10.9. The van der Waals surface area contributed by atoms with Crippen molar-refractivity contribution in [3.8, 4) is 0 Å². The van der Waals surface area contributed by atoms with Crippen LogP contribution in [0.2, 0.25) is 0 Å². The van der Waals surface area contributed by atoms with E-state index in [4.69, 9.17) is 5.11 Å². The van der Waals surface area contributed by atoms with Gasteiger partial charge in [-0.3, -0.25) is 19.6 Å². The van der Waals surface area contributed by atoms with E-state index < -0.39 is 17.7 Å². The zero-order chi connectivity index (χ0) is 33.0. The van der Waals surface area contributed by atoms with Crippen LogP contribution in [0, 0.1) is 5.92 Å². The molecule has 0 unspecified atom stereocenters. The van der Waals surface area contributed by atoms with Crippen molar-refractivity contribution < 1.29 is 27.9 Å². The number of nitrogens with zero attached hydrogens (tertiary/aromatic N) is 3. The summed E-state index contributed by atoms with van der Waals surface area (Å²) >= 11 is 0. The molecule has 0 fully saturated rings. The van der Waals surface area contributed by atoms with Gasteiger partial charge in [0, 0.05) is 37.5 Å². The Balaban J connectivity index is 0.00000123. The molecule has 0 aliphatic heterocycles. The second kappa shape index (κ2) is 20.6. The van der Waals surface area contributed by atoms with Gasteiger partial charge in [0.1, 0.15) is 0 Å². The lowest BCUT2D eigenvalue weighted by molar-refractivity contribution is -0.138. The van der Waals surface area contributed by atoms with E-state index in [9.17, 15) is 22.8 Å². The van der Waals surface area contributed by atoms with Gasteiger partial charge in [0.25, 0.3) is 5.91 Å². The van der Waals surface area contributed by atoms with Gasteiger partial charge in [-0.2, -0.15) is 13.2 Å². The number of carboxylic acids is 1. The first kappa shape index (κ1) is 37.8. The molecular formula is C35H44F3N3O3. The van der Waals surface area contributed by atoms with Crippen LogP contribution >= 0.6 is 0 Å². The summed E-state index contributed by atoms with van der Waals surface area (Å²) in [5.74, 6) is -0.640. The Kier molecular flexibility index (Phi) is 17.7. The molecule has 2 aromatic carbocycles. The van der Waals surface area contributed by atoms with Crippen molar-refractivity contribution in [1.29, 1.82) is 0 Å². The minimum atomic E-state index is -4.41. The maximum atomic E-state index is 13.2. The number of aliphatic carboxylic acids is 1. The van der Waals surface area contributed by atoms with Crippen molar-refractivity contribution in [2.45, 2.75) is 66.0 Å². The number of carbonyl (C=O) groups excluding carboxylic acids is 1. The van der Waals surface area contributed by atoms with Crippen molar-refractivity contribution in [2.75, 3.05) is 13.1 Å². The maximum absolute atomic E-state index is 13.2. The van der Waals surface area contributed by atoms with Gasteiger partial charge in [0.2, 0.25) is 0 Å². The second-order valence-corrected chi connectivity index (χ2v) is 10.3. The van der Waals surface area contributed by atoms with Crippen LogP contribution in [-0.4, -0.2) is 47.4 Å². The molecule has 0 heterocycles. The van der Waals surface area contributed by atoms with Gasteiger partial charge >= 0.3 is 12.1 Å². The van der Waals surface area contributed by atoms with Crippen LogP contribution in [0.1, 0.15) is 81.3 Å². The fourth-order valence-corrected chi connectivity index (χ4v) is 3.87. The highest BCUT2D eigenvalue weighted by Gasteiger charge is 2.29. The summed E-state index contributed by atoms with van der Waals surface area (Å²) in [5, 5.41) is 8.77. The Labute approximate surface area is 259 Å². The fraction of sp³-hybridized carbons (Fsp3) is 0.371. The first-order valence-electron chi connectivity index (χ1n) is 14.7. The van der Waals surface area contributed by atoms with Crippen molar-refractivity contribution in [3.63, 3.8) is 0 Å². The summed E-state index contributed by atoms with van der Waals surface area (Å²) in [6, 6.07) is 9.68. The van der Waals surface area contributed by atoms with Gasteiger partial charge in [-0.25, -0.2) is 0 Å². The lowest BCUT2D eigenvalue weighted by atomic mass is 10.1. The van der Waals surface area contributed by atoms with E-state index in [0.29, 0.717) is 60.8 Å². The molecule has 44 heavy (non-hydrogen) atoms. The third-order valence-corrected chi connectivity index (χ3v) is 5.93. The number of rotatable bonds is 15. The smallest absolute Gasteiger partial charge is 0.416 e. The molecule has 0 spiro atoms. The fourth-order valence-electron chi connectivity index (χ4n) is 3.87. The van der Waals surface area contributed by atoms with Crippen molar-refractivity contribution >= 4 is 35.7 Å². The number of amides is 1. The van der Waals surface area contributed by atoms with Crippen LogP contribution in [0.15, 0.2) is 89.4 Å². The molecule has 6 nitrogen and oxygen atoms in total. The highest BCUT2D eigenvalue weighted by atomic mass is 19.4. The van der Waals surface area contributed by atoms with Crippen LogP contribution in [-0.2, 0) is 11.0 Å². The largest absolute Gasteiger partial charge is 0.481 e. The Morgan fingerprint density at radius 1 is 1.00 bits per heavy atom. The molecule has 0 atom stereocenters. The highest BCUT2D eigenvalue weighted by molar-refractivity contribution is 5.96. The summed E-state index contributed by atoms with van der Waals surface area (Å²) < 4.78 is 38.5. The van der Waals surface area contributed by atoms with Crippen LogP contribution in [0.3, 0.4) is 0 Å². The second-order valence-electron chi connectivity index (χ2n) is 10.3. The van der Waals surface area contributed by atoms with E-state index in [1.54, 1.807) is 30.5 Å². The molecule has 238 valence electrons. The van der Waals surface area contributed by atoms with Crippen LogP contribution < -0.4 is 0 Å². The Morgan fingerprint density at radius 2 is 1.70 bits per heavy atom. The SMILES string of the molecule is C=C/C=C\C=C/C.CCCN(CC(C)C)C(=O)c1ccc(N=Cc2ccc(C(F)(F)F)cc2)c(N=CCCCCC(=O)O)c1. The standard InChI is InChI=1S/C28H34F3N3O3.C7H10/c1-4-16-34(19-20(2)3)27(37)22-11-14-24(25(17-22)32-15-7-5-6-8-26(35)36)33-18-21-9-12-23(13-10-21)28(29,30)31;1-3-5-7-6-4-2/h9-15,17-18,20H,4-8,16,19H2,1-3H3,(H,35,36);3-7H,1H2,2H3/b;6-4-,7-5-. The van der Waals surface area contributed by atoms with Gasteiger partial charge in [-0.15, -0.1) is 0 Å². The van der Waals surface area contributed by atoms with Crippen molar-refractivity contribution in [3.05, 3.63) is 96.1 Å². The molecule has 1 amide bonds. The van der Waals surface area contributed by atoms with Crippen LogP contribution in [0.25, 0.3) is 0 Å². The Hall–Kier alpha value is -4.27. The molecule has 0 aromatic heterocycles. The Morgan fingerprint density at radius 3 is 2.27 bits per heavy atom. The third-order valence-electron chi connectivity index (χ3n) is 5.93. The first-order valence-corrected chi connectivity index (χ1v) is 14.7. The van der Waals surface area contributed by atoms with E-state index >= 15 is 0 Å². The third kappa shape index (κ3) is 15.3. The van der Waals surface area contributed by atoms with E-state index in [-0.39, 0.29) is 12.3 Å². The van der Waals surface area contributed by atoms with Gasteiger partial charge in [0.05, 0.1) is 16.9 Å². The molecule has 2 aromatic rings. The van der Waals surface area contributed by atoms with Gasteiger partial charge in [-0.05, 0) is 74.4 Å². The molecule has 0 aliphatic rings. The zero-order valence-corrected chi connectivity index (χ0v) is 26.1. The predicted octanol–water partition coefficient (Wildman–Crippen LogP) is 9.62. The number of aliphatic imine (C=N–C) groups is 2. The number of benzene rings is 2. The van der Waals surface area contributed by atoms with Gasteiger partial charge in [-0.1, -0.05) is 69.9 Å². The topological polar surface area (TPSA) is 82.3 Å². The minimum Gasteiger partial charge on any atom is -0.481 e. The monoisotopic (exact) mass is 611 g/mol. The molecule has 1 N–H and O–H groups in total. The normalized spacial score (nSPS) is 11.9. The predicted molar refractivity (Wildman–Crippen MR) is 175 cm³/mol. The first-order chi connectivity index (χ1) is 20.9. The molecule has 0 saturated heterocycles. The van der Waals surface area contributed by atoms with Crippen LogP contribution in [0.5, 0.6) is 0 Å². The number of hydrogen-bond donors (Lipinski definition) is 1. The summed E-state index contributed by atoms with van der Waals surface area (Å²) in [4.78, 5) is 34.6. The van der Waals surface area contributed by atoms with E-state index in [0.717, 1.165) is 18.6 Å². The molecule has 0 saturated carbocycles. The molecule has 2 rings (SSSR count). The number of hydrogen-bond acceptors (Lipinski definition) is 4. The van der Waals surface area contributed by atoms with Gasteiger partial charge in [0.15, 0.2) is 0 Å². The number of allylic oxidation sites excluding steroid dienone is 5. The summed E-state index contributed by atoms with van der Waals surface area (Å²) in [6.45, 7) is 12.9. The lowest BCUT2D eigenvalue weighted by Gasteiger charge is -2.24. The molecular weight excluding hydrogens is 567 g/mol. The quantitative estimate of drug-likeness (QED) is 0.124. The molecule has 9 heteroatoms. The Bertz CT molecular complexity index is 1290. The number of alkyl halides is 3. The number of carboxylic acid groups (broad SMARTS) is 1. The number of unbranched alkanes of at least 4 members (excludes halogenated alkanes) is 2. The lowest BCUT2D eigenvalue weighted by Crippen LogP contribution is -2.34. The molecule has 0 aliphatic carbocycles. The number of halogens is 3.